The van der Waals surface area contributed by atoms with E-state index in [4.69, 9.17) is 11.6 Å². The predicted octanol–water partition coefficient (Wildman–Crippen LogP) is 5.74. The van der Waals surface area contributed by atoms with Gasteiger partial charge in [0, 0.05) is 33.6 Å². The summed E-state index contributed by atoms with van der Waals surface area (Å²) < 4.78 is 58.0. The predicted molar refractivity (Wildman–Crippen MR) is 151 cm³/mol. The zero-order valence-corrected chi connectivity index (χ0v) is 23.3. The molecule has 2 N–H and O–H groups in total. The molecule has 0 bridgehead atoms. The Labute approximate surface area is 246 Å². The van der Waals surface area contributed by atoms with E-state index < -0.39 is 24.2 Å². The van der Waals surface area contributed by atoms with Crippen LogP contribution in [0.2, 0.25) is 5.02 Å². The monoisotopic (exact) mass is 610 g/mol. The Bertz CT molecular complexity index is 1920. The van der Waals surface area contributed by atoms with Crippen LogP contribution in [0.4, 0.5) is 23.2 Å². The highest BCUT2D eigenvalue weighted by atomic mass is 35.5. The standard InChI is InChI=1S/C29H23ClF4N8O/c1-14-8-19-10-17(20-12-18(30)4-6-22(20)41-13-35-39-40-41)11-24(43)42(19)26(14)28-37-25(27(31)38-28)16-2-5-21-15(9-16)3-7-23(36-21)29(32,33)34/h2,4-6,9-14,23,26,36H,3,7-8H2,1H3,(H,37,38)/t14-,23?,26-/m0/s1. The number of hydrogen-bond acceptors (Lipinski definition) is 6. The van der Waals surface area contributed by atoms with Crippen molar-refractivity contribution in [3.63, 3.8) is 0 Å². The summed E-state index contributed by atoms with van der Waals surface area (Å²) >= 11 is 6.30. The first kappa shape index (κ1) is 27.3. The maximum atomic E-state index is 15.3. The second-order valence-corrected chi connectivity index (χ2v) is 11.4. The lowest BCUT2D eigenvalue weighted by Gasteiger charge is -2.28. The van der Waals surface area contributed by atoms with Crippen LogP contribution in [0.5, 0.6) is 0 Å². The first-order valence-electron chi connectivity index (χ1n) is 13.6. The van der Waals surface area contributed by atoms with Gasteiger partial charge in [0.2, 0.25) is 5.95 Å². The second kappa shape index (κ2) is 10.0. The van der Waals surface area contributed by atoms with Gasteiger partial charge >= 0.3 is 6.18 Å². The summed E-state index contributed by atoms with van der Waals surface area (Å²) in [6.45, 7) is 1.96. The van der Waals surface area contributed by atoms with E-state index in [9.17, 15) is 18.0 Å². The van der Waals surface area contributed by atoms with Gasteiger partial charge in [0.1, 0.15) is 23.9 Å². The molecule has 0 fully saturated rings. The summed E-state index contributed by atoms with van der Waals surface area (Å²) in [6.07, 6.45) is -2.27. The van der Waals surface area contributed by atoms with Crippen molar-refractivity contribution in [1.29, 1.82) is 0 Å². The molecule has 5 aromatic rings. The fraction of sp³-hybridized carbons (Fsp3) is 0.276. The first-order chi connectivity index (χ1) is 20.6. The molecule has 0 radical (unpaired) electrons. The van der Waals surface area contributed by atoms with E-state index in [0.717, 1.165) is 5.69 Å². The van der Waals surface area contributed by atoms with Crippen molar-refractivity contribution < 1.29 is 17.6 Å². The molecule has 3 atom stereocenters. The lowest BCUT2D eigenvalue weighted by molar-refractivity contribution is -0.144. The number of nitrogens with one attached hydrogen (secondary N) is 2. The van der Waals surface area contributed by atoms with Crippen molar-refractivity contribution in [3.05, 3.63) is 93.3 Å². The molecule has 7 rings (SSSR count). The van der Waals surface area contributed by atoms with E-state index in [2.05, 4.69) is 30.8 Å². The van der Waals surface area contributed by atoms with Crippen LogP contribution in [-0.2, 0) is 12.8 Å². The molecule has 0 spiro atoms. The molecule has 220 valence electrons. The molecule has 0 saturated heterocycles. The average molecular weight is 611 g/mol. The quantitative estimate of drug-likeness (QED) is 0.251. The van der Waals surface area contributed by atoms with Crippen molar-refractivity contribution >= 4 is 17.3 Å². The summed E-state index contributed by atoms with van der Waals surface area (Å²) in [5.74, 6) is -0.479. The number of aromatic amines is 1. The van der Waals surface area contributed by atoms with E-state index in [-0.39, 0.29) is 30.0 Å². The van der Waals surface area contributed by atoms with Gasteiger partial charge in [-0.05, 0) is 83.1 Å². The van der Waals surface area contributed by atoms with Crippen molar-refractivity contribution in [2.45, 2.75) is 44.4 Å². The van der Waals surface area contributed by atoms with Gasteiger partial charge < -0.3 is 14.9 Å². The maximum Gasteiger partial charge on any atom is 0.408 e. The number of pyridine rings is 1. The third-order valence-corrected chi connectivity index (χ3v) is 8.36. The minimum atomic E-state index is -4.35. The highest BCUT2D eigenvalue weighted by Gasteiger charge is 2.41. The molecular formula is C29H23ClF4N8O. The molecule has 2 aliphatic rings. The molecule has 3 aromatic heterocycles. The Kier molecular flexibility index (Phi) is 6.38. The number of halogens is 5. The molecule has 2 aliphatic heterocycles. The summed E-state index contributed by atoms with van der Waals surface area (Å²) in [5.41, 5.74) is 3.94. The van der Waals surface area contributed by atoms with Gasteiger partial charge in [-0.2, -0.15) is 22.2 Å². The number of fused-ring (bicyclic) bond motifs is 2. The molecule has 9 nitrogen and oxygen atoms in total. The van der Waals surface area contributed by atoms with Gasteiger partial charge in [0.25, 0.3) is 5.56 Å². The van der Waals surface area contributed by atoms with Gasteiger partial charge in [0.05, 0.1) is 11.7 Å². The number of hydrogen-bond donors (Lipinski definition) is 2. The van der Waals surface area contributed by atoms with Crippen molar-refractivity contribution in [2.75, 3.05) is 5.32 Å². The number of imidazole rings is 1. The summed E-state index contributed by atoms with van der Waals surface area (Å²) in [5, 5.41) is 14.4. The van der Waals surface area contributed by atoms with Crippen molar-refractivity contribution in [3.8, 4) is 28.1 Å². The Balaban J connectivity index is 1.23. The Morgan fingerprint density at radius 2 is 1.91 bits per heavy atom. The Morgan fingerprint density at radius 3 is 2.67 bits per heavy atom. The van der Waals surface area contributed by atoms with E-state index in [1.165, 1.54) is 23.1 Å². The van der Waals surface area contributed by atoms with Gasteiger partial charge in [-0.25, -0.2) is 4.98 Å². The number of H-pyrrole nitrogens is 1. The number of benzene rings is 2. The zero-order chi connectivity index (χ0) is 30.0. The first-order valence-corrected chi connectivity index (χ1v) is 14.0. The SMILES string of the molecule is C[C@H]1Cc2cc(-c3cc(Cl)ccc3-n3cnnn3)cc(=O)n2[C@@H]1c1nc(-c2ccc3c(c2)CCC(C(F)(F)F)N3)c(F)[nH]1. The van der Waals surface area contributed by atoms with Gasteiger partial charge in [-0.3, -0.25) is 4.79 Å². The molecular weight excluding hydrogens is 588 g/mol. The Morgan fingerprint density at radius 1 is 1.07 bits per heavy atom. The molecule has 0 aliphatic carbocycles. The highest BCUT2D eigenvalue weighted by molar-refractivity contribution is 6.31. The average Bonchev–Trinajstić information content (AvgIpc) is 3.70. The fourth-order valence-electron chi connectivity index (χ4n) is 6.16. The zero-order valence-electron chi connectivity index (χ0n) is 22.5. The van der Waals surface area contributed by atoms with Crippen LogP contribution in [0.1, 0.15) is 36.5 Å². The summed E-state index contributed by atoms with van der Waals surface area (Å²) in [6, 6.07) is 11.2. The van der Waals surface area contributed by atoms with Crippen LogP contribution in [0, 0.1) is 11.9 Å². The molecule has 1 unspecified atom stereocenters. The number of nitrogens with zero attached hydrogens (tertiary/aromatic N) is 6. The number of aryl methyl sites for hydroxylation is 1. The van der Waals surface area contributed by atoms with E-state index >= 15 is 4.39 Å². The van der Waals surface area contributed by atoms with Crippen molar-refractivity contribution in [2.24, 2.45) is 5.92 Å². The van der Waals surface area contributed by atoms with Crippen LogP contribution in [0.25, 0.3) is 28.1 Å². The largest absolute Gasteiger partial charge is 0.408 e. The molecule has 0 saturated carbocycles. The summed E-state index contributed by atoms with van der Waals surface area (Å²) in [7, 11) is 0. The fourth-order valence-corrected chi connectivity index (χ4v) is 6.33. The number of tetrazole rings is 1. The third kappa shape index (κ3) is 4.77. The van der Waals surface area contributed by atoms with E-state index in [1.807, 2.05) is 13.0 Å². The number of anilines is 1. The molecule has 5 heterocycles. The van der Waals surface area contributed by atoms with Crippen LogP contribution in [0.15, 0.2) is 59.7 Å². The number of alkyl halides is 3. The normalized spacial score (nSPS) is 19.6. The summed E-state index contributed by atoms with van der Waals surface area (Å²) in [4.78, 5) is 20.9. The number of rotatable bonds is 4. The molecule has 0 amide bonds. The molecule has 14 heteroatoms. The van der Waals surface area contributed by atoms with Crippen LogP contribution in [0.3, 0.4) is 0 Å². The van der Waals surface area contributed by atoms with Gasteiger partial charge in [-0.1, -0.05) is 24.6 Å². The van der Waals surface area contributed by atoms with Gasteiger partial charge in [-0.15, -0.1) is 5.10 Å². The maximum absolute atomic E-state index is 15.3. The third-order valence-electron chi connectivity index (χ3n) is 8.13. The topological polar surface area (TPSA) is 106 Å². The molecule has 43 heavy (non-hydrogen) atoms. The van der Waals surface area contributed by atoms with Gasteiger partial charge in [0.15, 0.2) is 0 Å². The lowest BCUT2D eigenvalue weighted by atomic mass is 9.95. The molecule has 2 aromatic carbocycles. The highest BCUT2D eigenvalue weighted by Crippen LogP contribution is 2.39. The number of aromatic nitrogens is 7. The smallest absolute Gasteiger partial charge is 0.374 e. The van der Waals surface area contributed by atoms with E-state index in [1.54, 1.807) is 34.9 Å². The Hall–Kier alpha value is -4.52. The minimum Gasteiger partial charge on any atom is -0.374 e. The lowest BCUT2D eigenvalue weighted by Crippen LogP contribution is -2.39. The van der Waals surface area contributed by atoms with Crippen LogP contribution >= 0.6 is 11.6 Å². The van der Waals surface area contributed by atoms with Crippen LogP contribution in [-0.4, -0.2) is 47.0 Å². The van der Waals surface area contributed by atoms with E-state index in [0.29, 0.717) is 50.9 Å². The second-order valence-electron chi connectivity index (χ2n) is 10.9. The van der Waals surface area contributed by atoms with Crippen LogP contribution < -0.4 is 10.9 Å². The van der Waals surface area contributed by atoms with Crippen molar-refractivity contribution in [1.82, 2.24) is 34.7 Å². The minimum absolute atomic E-state index is 0.0473.